The van der Waals surface area contributed by atoms with Gasteiger partial charge < -0.3 is 10.2 Å². The first-order valence-corrected chi connectivity index (χ1v) is 6.75. The van der Waals surface area contributed by atoms with Gasteiger partial charge in [-0.15, -0.1) is 0 Å². The summed E-state index contributed by atoms with van der Waals surface area (Å²) in [6.07, 6.45) is 6.65. The minimum atomic E-state index is 0.352. The molecule has 0 spiro atoms. The molecule has 1 aliphatic heterocycles. The van der Waals surface area contributed by atoms with Gasteiger partial charge in [0.1, 0.15) is 0 Å². The molecule has 0 aromatic carbocycles. The van der Waals surface area contributed by atoms with Crippen molar-refractivity contribution in [2.75, 3.05) is 19.6 Å². The largest absolute Gasteiger partial charge is 0.341 e. The number of likely N-dealkylation sites (tertiary alicyclic amines) is 1. The molecule has 94 valence electrons. The van der Waals surface area contributed by atoms with E-state index in [0.717, 1.165) is 38.9 Å². The van der Waals surface area contributed by atoms with Gasteiger partial charge in [-0.25, -0.2) is 0 Å². The number of nitrogens with zero attached hydrogens (tertiary/aromatic N) is 1. The highest BCUT2D eigenvalue weighted by Crippen LogP contribution is 2.11. The molecule has 1 fully saturated rings. The quantitative estimate of drug-likeness (QED) is 0.779. The van der Waals surface area contributed by atoms with Gasteiger partial charge in [0.05, 0.1) is 0 Å². The lowest BCUT2D eigenvalue weighted by atomic mass is 10.1. The molecule has 1 atom stereocenters. The third kappa shape index (κ3) is 4.97. The monoisotopic (exact) mass is 226 g/mol. The van der Waals surface area contributed by atoms with E-state index in [1.807, 2.05) is 4.90 Å². The maximum Gasteiger partial charge on any atom is 0.222 e. The van der Waals surface area contributed by atoms with Gasteiger partial charge in [-0.3, -0.25) is 4.79 Å². The number of carbonyl (C=O) groups is 1. The van der Waals surface area contributed by atoms with Crippen LogP contribution in [0.2, 0.25) is 0 Å². The van der Waals surface area contributed by atoms with Gasteiger partial charge in [0, 0.05) is 25.6 Å². The molecule has 1 aliphatic rings. The molecule has 16 heavy (non-hydrogen) atoms. The Balaban J connectivity index is 2.33. The molecule has 3 nitrogen and oxygen atoms in total. The first-order chi connectivity index (χ1) is 7.74. The standard InChI is InChI=1S/C13H26N2O/c1-3-9-14-12(2)11-15-10-7-5-4-6-8-13(15)16/h12,14H,3-11H2,1-2H3. The van der Waals surface area contributed by atoms with Crippen molar-refractivity contribution < 1.29 is 4.79 Å². The molecular weight excluding hydrogens is 200 g/mol. The van der Waals surface area contributed by atoms with E-state index in [-0.39, 0.29) is 0 Å². The van der Waals surface area contributed by atoms with Crippen LogP contribution in [0.5, 0.6) is 0 Å². The van der Waals surface area contributed by atoms with Crippen LogP contribution in [0.15, 0.2) is 0 Å². The summed E-state index contributed by atoms with van der Waals surface area (Å²) >= 11 is 0. The second kappa shape index (κ2) is 7.66. The molecule has 1 amide bonds. The van der Waals surface area contributed by atoms with E-state index in [4.69, 9.17) is 0 Å². The van der Waals surface area contributed by atoms with Crippen LogP contribution >= 0.6 is 0 Å². The molecule has 0 aromatic rings. The zero-order chi connectivity index (χ0) is 11.8. The van der Waals surface area contributed by atoms with Crippen LogP contribution in [-0.2, 0) is 4.79 Å². The molecule has 0 saturated carbocycles. The third-order valence-corrected chi connectivity index (χ3v) is 3.16. The minimum Gasteiger partial charge on any atom is -0.341 e. The molecule has 3 heteroatoms. The maximum atomic E-state index is 11.9. The second-order valence-corrected chi connectivity index (χ2v) is 4.86. The van der Waals surface area contributed by atoms with Gasteiger partial charge in [0.2, 0.25) is 5.91 Å². The van der Waals surface area contributed by atoms with Crippen molar-refractivity contribution in [1.82, 2.24) is 10.2 Å². The SMILES string of the molecule is CCCNC(C)CN1CCCCCCC1=O. The van der Waals surface area contributed by atoms with Crippen molar-refractivity contribution in [3.63, 3.8) is 0 Å². The minimum absolute atomic E-state index is 0.352. The second-order valence-electron chi connectivity index (χ2n) is 4.86. The summed E-state index contributed by atoms with van der Waals surface area (Å²) in [6.45, 7) is 7.21. The molecule has 0 aliphatic carbocycles. The van der Waals surface area contributed by atoms with Crippen molar-refractivity contribution >= 4 is 5.91 Å². The Kier molecular flexibility index (Phi) is 6.46. The van der Waals surface area contributed by atoms with E-state index in [9.17, 15) is 4.79 Å². The van der Waals surface area contributed by atoms with Crippen molar-refractivity contribution in [3.05, 3.63) is 0 Å². The van der Waals surface area contributed by atoms with Gasteiger partial charge in [0.15, 0.2) is 0 Å². The Bertz CT molecular complexity index is 206. The fraction of sp³-hybridized carbons (Fsp3) is 0.923. The highest BCUT2D eigenvalue weighted by molar-refractivity contribution is 5.76. The Morgan fingerprint density at radius 1 is 1.31 bits per heavy atom. The summed E-state index contributed by atoms with van der Waals surface area (Å²) in [7, 11) is 0. The van der Waals surface area contributed by atoms with Gasteiger partial charge >= 0.3 is 0 Å². The normalized spacial score (nSPS) is 20.4. The molecule has 0 bridgehead atoms. The van der Waals surface area contributed by atoms with Gasteiger partial charge in [-0.1, -0.05) is 19.8 Å². The Morgan fingerprint density at radius 3 is 2.81 bits per heavy atom. The first-order valence-electron chi connectivity index (χ1n) is 6.75. The zero-order valence-electron chi connectivity index (χ0n) is 10.8. The summed E-state index contributed by atoms with van der Waals surface area (Å²) in [5, 5.41) is 3.44. The van der Waals surface area contributed by atoms with Gasteiger partial charge in [-0.2, -0.15) is 0 Å². The Morgan fingerprint density at radius 2 is 2.06 bits per heavy atom. The third-order valence-electron chi connectivity index (χ3n) is 3.16. The lowest BCUT2D eigenvalue weighted by molar-refractivity contribution is -0.132. The maximum absolute atomic E-state index is 11.9. The summed E-state index contributed by atoms with van der Waals surface area (Å²) < 4.78 is 0. The fourth-order valence-corrected chi connectivity index (χ4v) is 2.19. The van der Waals surface area contributed by atoms with Crippen molar-refractivity contribution in [3.8, 4) is 0 Å². The van der Waals surface area contributed by atoms with Gasteiger partial charge in [0.25, 0.3) is 0 Å². The van der Waals surface area contributed by atoms with Crippen LogP contribution < -0.4 is 5.32 Å². The number of hydrogen-bond acceptors (Lipinski definition) is 2. The van der Waals surface area contributed by atoms with Crippen LogP contribution in [0, 0.1) is 0 Å². The van der Waals surface area contributed by atoms with Crippen LogP contribution in [0.4, 0.5) is 0 Å². The van der Waals surface area contributed by atoms with E-state index in [1.165, 1.54) is 19.3 Å². The molecule has 0 radical (unpaired) electrons. The van der Waals surface area contributed by atoms with E-state index in [0.29, 0.717) is 11.9 Å². The summed E-state index contributed by atoms with van der Waals surface area (Å²) in [6, 6.07) is 0.420. The number of amides is 1. The number of rotatable bonds is 5. The molecular formula is C13H26N2O. The van der Waals surface area contributed by atoms with Crippen molar-refractivity contribution in [2.45, 2.75) is 58.4 Å². The lowest BCUT2D eigenvalue weighted by Gasteiger charge is -2.28. The van der Waals surface area contributed by atoms with Crippen LogP contribution in [0.3, 0.4) is 0 Å². The van der Waals surface area contributed by atoms with E-state index in [1.54, 1.807) is 0 Å². The molecule has 1 heterocycles. The summed E-state index contributed by atoms with van der Waals surface area (Å²) in [5.74, 6) is 0.352. The lowest BCUT2D eigenvalue weighted by Crippen LogP contribution is -2.43. The molecule has 1 unspecified atom stereocenters. The molecule has 1 N–H and O–H groups in total. The Labute approximate surface area is 99.6 Å². The van der Waals surface area contributed by atoms with Crippen LogP contribution in [-0.4, -0.2) is 36.5 Å². The summed E-state index contributed by atoms with van der Waals surface area (Å²) in [5.41, 5.74) is 0. The molecule has 1 saturated heterocycles. The number of hydrogen-bond donors (Lipinski definition) is 1. The smallest absolute Gasteiger partial charge is 0.222 e. The van der Waals surface area contributed by atoms with Crippen molar-refractivity contribution in [2.24, 2.45) is 0 Å². The van der Waals surface area contributed by atoms with E-state index < -0.39 is 0 Å². The van der Waals surface area contributed by atoms with E-state index >= 15 is 0 Å². The van der Waals surface area contributed by atoms with E-state index in [2.05, 4.69) is 19.2 Å². The Hall–Kier alpha value is -0.570. The fourth-order valence-electron chi connectivity index (χ4n) is 2.19. The topological polar surface area (TPSA) is 32.3 Å². The zero-order valence-corrected chi connectivity index (χ0v) is 10.8. The molecule has 0 aromatic heterocycles. The number of nitrogens with one attached hydrogen (secondary N) is 1. The average Bonchev–Trinajstić information content (AvgIpc) is 2.26. The predicted molar refractivity (Wildman–Crippen MR) is 67.4 cm³/mol. The highest BCUT2D eigenvalue weighted by atomic mass is 16.2. The molecule has 1 rings (SSSR count). The van der Waals surface area contributed by atoms with Crippen LogP contribution in [0.1, 0.15) is 52.4 Å². The number of carbonyl (C=O) groups excluding carboxylic acids is 1. The predicted octanol–water partition coefficient (Wildman–Crippen LogP) is 2.17. The van der Waals surface area contributed by atoms with Crippen LogP contribution in [0.25, 0.3) is 0 Å². The highest BCUT2D eigenvalue weighted by Gasteiger charge is 2.17. The van der Waals surface area contributed by atoms with Gasteiger partial charge in [-0.05, 0) is 32.7 Å². The summed E-state index contributed by atoms with van der Waals surface area (Å²) in [4.78, 5) is 13.9. The first kappa shape index (κ1) is 13.5. The van der Waals surface area contributed by atoms with Crippen molar-refractivity contribution in [1.29, 1.82) is 0 Å². The average molecular weight is 226 g/mol.